The van der Waals surface area contributed by atoms with E-state index in [1.807, 2.05) is 12.1 Å². The molecule has 0 unspecified atom stereocenters. The zero-order valence-electron chi connectivity index (χ0n) is 15.9. The number of nitrogens with zero attached hydrogens (tertiary/aromatic N) is 3. The lowest BCUT2D eigenvalue weighted by Crippen LogP contribution is -2.31. The van der Waals surface area contributed by atoms with Gasteiger partial charge in [-0.25, -0.2) is 8.42 Å². The van der Waals surface area contributed by atoms with E-state index < -0.39 is 15.9 Å². The molecule has 0 spiro atoms. The van der Waals surface area contributed by atoms with Crippen molar-refractivity contribution in [2.75, 3.05) is 18.4 Å². The van der Waals surface area contributed by atoms with E-state index in [4.69, 9.17) is 4.42 Å². The Morgan fingerprint density at radius 1 is 1.03 bits per heavy atom. The number of carbonyl (C=O) groups is 1. The molecule has 8 nitrogen and oxygen atoms in total. The first-order valence-corrected chi connectivity index (χ1v) is 12.5. The van der Waals surface area contributed by atoms with Crippen molar-refractivity contribution < 1.29 is 17.6 Å². The largest absolute Gasteiger partial charge is 0.402 e. The van der Waals surface area contributed by atoms with Crippen molar-refractivity contribution in [3.05, 3.63) is 45.7 Å². The Kier molecular flexibility index (Phi) is 6.32. The van der Waals surface area contributed by atoms with Crippen LogP contribution >= 0.6 is 27.3 Å². The van der Waals surface area contributed by atoms with Crippen LogP contribution in [-0.2, 0) is 10.0 Å². The highest BCUT2D eigenvalue weighted by Gasteiger charge is 2.25. The van der Waals surface area contributed by atoms with Crippen molar-refractivity contribution in [2.24, 2.45) is 0 Å². The van der Waals surface area contributed by atoms with E-state index >= 15 is 0 Å². The maximum absolute atomic E-state index is 12.8. The number of thiophene rings is 1. The van der Waals surface area contributed by atoms with E-state index in [1.165, 1.54) is 39.9 Å². The summed E-state index contributed by atoms with van der Waals surface area (Å²) in [5, 5.41) is 10.3. The van der Waals surface area contributed by atoms with Gasteiger partial charge in [-0.3, -0.25) is 10.1 Å². The molecule has 1 N–H and O–H groups in total. The molecule has 0 radical (unpaired) electrons. The summed E-state index contributed by atoms with van der Waals surface area (Å²) in [6.07, 6.45) is 3.83. The molecule has 1 aromatic carbocycles. The number of benzene rings is 1. The molecule has 1 fully saturated rings. The molecule has 1 saturated heterocycles. The molecule has 158 valence electrons. The van der Waals surface area contributed by atoms with Crippen LogP contribution in [0.1, 0.15) is 36.0 Å². The van der Waals surface area contributed by atoms with Gasteiger partial charge >= 0.3 is 6.01 Å². The van der Waals surface area contributed by atoms with Gasteiger partial charge in [0.05, 0.1) is 13.6 Å². The normalized spacial score (nSPS) is 15.6. The van der Waals surface area contributed by atoms with Crippen molar-refractivity contribution in [1.82, 2.24) is 14.5 Å². The first kappa shape index (κ1) is 21.2. The van der Waals surface area contributed by atoms with Gasteiger partial charge < -0.3 is 4.42 Å². The number of rotatable bonds is 5. The molecule has 1 aliphatic heterocycles. The van der Waals surface area contributed by atoms with Gasteiger partial charge in [-0.1, -0.05) is 17.9 Å². The molecule has 0 saturated carbocycles. The Bertz CT molecular complexity index is 1130. The Hall–Kier alpha value is -2.08. The van der Waals surface area contributed by atoms with E-state index in [2.05, 4.69) is 31.4 Å². The lowest BCUT2D eigenvalue weighted by molar-refractivity contribution is 0.102. The summed E-state index contributed by atoms with van der Waals surface area (Å²) >= 11 is 4.80. The highest BCUT2D eigenvalue weighted by atomic mass is 79.9. The maximum atomic E-state index is 12.8. The topological polar surface area (TPSA) is 105 Å². The van der Waals surface area contributed by atoms with Crippen LogP contribution < -0.4 is 5.32 Å². The third-order valence-electron chi connectivity index (χ3n) is 4.75. The number of halogens is 1. The number of hydrogen-bond acceptors (Lipinski definition) is 7. The van der Waals surface area contributed by atoms with Gasteiger partial charge in [0.2, 0.25) is 10.0 Å². The summed E-state index contributed by atoms with van der Waals surface area (Å²) in [7, 11) is -3.55. The Morgan fingerprint density at radius 2 is 1.73 bits per heavy atom. The van der Waals surface area contributed by atoms with Crippen molar-refractivity contribution in [3.63, 3.8) is 0 Å². The lowest BCUT2D eigenvalue weighted by atomic mass is 10.2. The molecule has 3 heterocycles. The first-order chi connectivity index (χ1) is 14.4. The number of aromatic nitrogens is 2. The summed E-state index contributed by atoms with van der Waals surface area (Å²) in [4.78, 5) is 13.4. The molecule has 0 bridgehead atoms. The lowest BCUT2D eigenvalue weighted by Gasteiger charge is -2.19. The molecule has 2 aromatic heterocycles. The van der Waals surface area contributed by atoms with Crippen LogP contribution in [0.2, 0.25) is 0 Å². The summed E-state index contributed by atoms with van der Waals surface area (Å²) in [6.45, 7) is 1.07. The van der Waals surface area contributed by atoms with Crippen molar-refractivity contribution in [2.45, 2.75) is 30.6 Å². The fraction of sp³-hybridized carbons (Fsp3) is 0.316. The smallest absolute Gasteiger partial charge is 0.322 e. The summed E-state index contributed by atoms with van der Waals surface area (Å²) in [5.41, 5.74) is 0.295. The van der Waals surface area contributed by atoms with Crippen LogP contribution in [0.5, 0.6) is 0 Å². The fourth-order valence-electron chi connectivity index (χ4n) is 3.18. The van der Waals surface area contributed by atoms with Crippen LogP contribution in [0.3, 0.4) is 0 Å². The first-order valence-electron chi connectivity index (χ1n) is 9.44. The number of nitrogens with one attached hydrogen (secondary N) is 1. The predicted molar refractivity (Wildman–Crippen MR) is 117 cm³/mol. The second kappa shape index (κ2) is 8.96. The van der Waals surface area contributed by atoms with Gasteiger partial charge in [0.15, 0.2) is 0 Å². The van der Waals surface area contributed by atoms with Crippen molar-refractivity contribution in [3.8, 4) is 10.8 Å². The van der Waals surface area contributed by atoms with E-state index in [-0.39, 0.29) is 10.9 Å². The molecule has 1 amide bonds. The quantitative estimate of drug-likeness (QED) is 0.545. The van der Waals surface area contributed by atoms with E-state index in [0.717, 1.165) is 34.3 Å². The molecule has 0 aliphatic carbocycles. The highest BCUT2D eigenvalue weighted by Crippen LogP contribution is 2.31. The SMILES string of the molecule is O=C(Nc1nnc(-c2ccc(Br)s2)o1)c1ccc(S(=O)(=O)N2CCCCCC2)cc1. The zero-order valence-corrected chi connectivity index (χ0v) is 19.1. The van der Waals surface area contributed by atoms with E-state index in [0.29, 0.717) is 24.5 Å². The van der Waals surface area contributed by atoms with E-state index in [1.54, 1.807) is 0 Å². The minimum absolute atomic E-state index is 0.0270. The van der Waals surface area contributed by atoms with Crippen LogP contribution in [0, 0.1) is 0 Å². The average molecular weight is 511 g/mol. The van der Waals surface area contributed by atoms with Gasteiger partial charge in [0.1, 0.15) is 0 Å². The van der Waals surface area contributed by atoms with Crippen molar-refractivity contribution in [1.29, 1.82) is 0 Å². The van der Waals surface area contributed by atoms with Crippen LogP contribution in [-0.4, -0.2) is 41.9 Å². The van der Waals surface area contributed by atoms with Gasteiger partial charge in [-0.2, -0.15) is 4.31 Å². The average Bonchev–Trinajstić information content (AvgIpc) is 3.28. The monoisotopic (exact) mass is 510 g/mol. The predicted octanol–water partition coefficient (Wildman–Crippen LogP) is 4.38. The molecule has 0 atom stereocenters. The van der Waals surface area contributed by atoms with Crippen LogP contribution in [0.15, 0.2) is 49.5 Å². The summed E-state index contributed by atoms with van der Waals surface area (Å²) in [6, 6.07) is 9.54. The third-order valence-corrected chi connectivity index (χ3v) is 8.27. The Labute approximate surface area is 186 Å². The van der Waals surface area contributed by atoms with Gasteiger partial charge in [-0.05, 0) is 65.2 Å². The minimum atomic E-state index is -3.55. The summed E-state index contributed by atoms with van der Waals surface area (Å²) < 4.78 is 33.6. The fourth-order valence-corrected chi connectivity index (χ4v) is 6.01. The van der Waals surface area contributed by atoms with Gasteiger partial charge in [0, 0.05) is 18.7 Å². The Balaban J connectivity index is 1.45. The second-order valence-electron chi connectivity index (χ2n) is 6.81. The zero-order chi connectivity index (χ0) is 21.1. The molecular weight excluding hydrogens is 492 g/mol. The standard InChI is InChI=1S/C19H19BrN4O4S2/c20-16-10-9-15(29-16)18-22-23-19(28-18)21-17(25)13-5-7-14(8-6-13)30(26,27)24-11-3-1-2-4-12-24/h5-10H,1-4,11-12H2,(H,21,23,25). The van der Waals surface area contributed by atoms with E-state index in [9.17, 15) is 13.2 Å². The molecule has 11 heteroatoms. The molecule has 1 aliphatic rings. The Morgan fingerprint density at radius 3 is 2.37 bits per heavy atom. The number of hydrogen-bond donors (Lipinski definition) is 1. The third kappa shape index (κ3) is 4.64. The summed E-state index contributed by atoms with van der Waals surface area (Å²) in [5.74, 6) is -0.156. The van der Waals surface area contributed by atoms with Crippen molar-refractivity contribution >= 4 is 49.2 Å². The maximum Gasteiger partial charge on any atom is 0.322 e. The van der Waals surface area contributed by atoms with Gasteiger partial charge in [0.25, 0.3) is 11.8 Å². The highest BCUT2D eigenvalue weighted by molar-refractivity contribution is 9.11. The second-order valence-corrected chi connectivity index (χ2v) is 11.2. The number of anilines is 1. The number of sulfonamides is 1. The van der Waals surface area contributed by atoms with Crippen LogP contribution in [0.25, 0.3) is 10.8 Å². The van der Waals surface area contributed by atoms with Crippen LogP contribution in [0.4, 0.5) is 6.01 Å². The number of amides is 1. The molecular formula is C19H19BrN4O4S2. The number of carbonyl (C=O) groups excluding carboxylic acids is 1. The molecule has 4 rings (SSSR count). The minimum Gasteiger partial charge on any atom is -0.402 e. The molecule has 3 aromatic rings. The van der Waals surface area contributed by atoms with Gasteiger partial charge in [-0.15, -0.1) is 16.4 Å². The molecule has 30 heavy (non-hydrogen) atoms.